The van der Waals surface area contributed by atoms with E-state index < -0.39 is 5.97 Å². The quantitative estimate of drug-likeness (QED) is 0.544. The Morgan fingerprint density at radius 2 is 1.63 bits per heavy atom. The maximum atomic E-state index is 13.0. The zero-order chi connectivity index (χ0) is 20.9. The molecule has 154 valence electrons. The summed E-state index contributed by atoms with van der Waals surface area (Å²) in [7, 11) is 0. The lowest BCUT2D eigenvalue weighted by Crippen LogP contribution is -2.16. The van der Waals surface area contributed by atoms with Gasteiger partial charge in [-0.25, -0.2) is 4.39 Å². The van der Waals surface area contributed by atoms with Crippen molar-refractivity contribution in [2.24, 2.45) is 5.92 Å². The average Bonchev–Trinajstić information content (AvgIpc) is 2.76. The Balaban J connectivity index is 1.37. The summed E-state index contributed by atoms with van der Waals surface area (Å²) in [5, 5.41) is 20.6. The molecule has 1 aliphatic rings. The molecule has 1 aromatic heterocycles. The molecule has 0 unspecified atom stereocenters. The lowest BCUT2D eigenvalue weighted by atomic mass is 9.77. The number of nitrogens with zero attached hydrogens (tertiary/aromatic N) is 2. The van der Waals surface area contributed by atoms with E-state index in [1.807, 2.05) is 12.1 Å². The second kappa shape index (κ2) is 9.03. The largest absolute Gasteiger partial charge is 0.481 e. The smallest absolute Gasteiger partial charge is 0.303 e. The highest BCUT2D eigenvalue weighted by Gasteiger charge is 2.23. The Labute approximate surface area is 175 Å². The van der Waals surface area contributed by atoms with Gasteiger partial charge < -0.3 is 10.4 Å². The molecule has 1 heterocycles. The van der Waals surface area contributed by atoms with E-state index >= 15 is 0 Å². The molecule has 3 aromatic rings. The van der Waals surface area contributed by atoms with E-state index in [1.165, 1.54) is 17.7 Å². The average molecular weight is 405 g/mol. The van der Waals surface area contributed by atoms with Crippen LogP contribution in [0.4, 0.5) is 15.9 Å². The van der Waals surface area contributed by atoms with Crippen LogP contribution in [0.5, 0.6) is 0 Å². The van der Waals surface area contributed by atoms with Crippen LogP contribution < -0.4 is 5.32 Å². The SMILES string of the molecule is O=C(O)CC1CCC(c2ccc(-c3ccc(Nc4ccc(F)cc4)nn3)cc2)CC1. The lowest BCUT2D eigenvalue weighted by Gasteiger charge is -2.28. The Hall–Kier alpha value is -3.28. The van der Waals surface area contributed by atoms with Crippen molar-refractivity contribution in [3.63, 3.8) is 0 Å². The van der Waals surface area contributed by atoms with Crippen molar-refractivity contribution in [1.82, 2.24) is 10.2 Å². The molecule has 1 aliphatic carbocycles. The minimum atomic E-state index is -0.692. The van der Waals surface area contributed by atoms with Crippen molar-refractivity contribution < 1.29 is 14.3 Å². The van der Waals surface area contributed by atoms with Crippen molar-refractivity contribution in [3.05, 3.63) is 72.0 Å². The van der Waals surface area contributed by atoms with Crippen LogP contribution in [0.15, 0.2) is 60.7 Å². The number of aliphatic carboxylic acids is 1. The van der Waals surface area contributed by atoms with E-state index in [1.54, 1.807) is 12.1 Å². The second-order valence-corrected chi connectivity index (χ2v) is 7.87. The van der Waals surface area contributed by atoms with Gasteiger partial charge in [0.15, 0.2) is 5.82 Å². The maximum absolute atomic E-state index is 13.0. The first-order chi connectivity index (χ1) is 14.6. The van der Waals surface area contributed by atoms with Gasteiger partial charge in [-0.3, -0.25) is 4.79 Å². The molecule has 0 bridgehead atoms. The zero-order valence-corrected chi connectivity index (χ0v) is 16.6. The number of aromatic nitrogens is 2. The molecule has 0 radical (unpaired) electrons. The summed E-state index contributed by atoms with van der Waals surface area (Å²) in [4.78, 5) is 10.9. The summed E-state index contributed by atoms with van der Waals surface area (Å²) < 4.78 is 13.0. The van der Waals surface area contributed by atoms with Gasteiger partial charge in [0.1, 0.15) is 5.82 Å². The normalized spacial score (nSPS) is 18.7. The van der Waals surface area contributed by atoms with Crippen molar-refractivity contribution in [1.29, 1.82) is 0 Å². The molecule has 5 nitrogen and oxygen atoms in total. The van der Waals surface area contributed by atoms with Gasteiger partial charge in [-0.15, -0.1) is 10.2 Å². The van der Waals surface area contributed by atoms with Crippen LogP contribution in [-0.2, 0) is 4.79 Å². The van der Waals surface area contributed by atoms with Crippen LogP contribution >= 0.6 is 0 Å². The monoisotopic (exact) mass is 405 g/mol. The van der Waals surface area contributed by atoms with E-state index in [9.17, 15) is 9.18 Å². The number of carbonyl (C=O) groups is 1. The summed E-state index contributed by atoms with van der Waals surface area (Å²) in [6, 6.07) is 18.3. The van der Waals surface area contributed by atoms with Gasteiger partial charge in [-0.2, -0.15) is 0 Å². The van der Waals surface area contributed by atoms with Crippen molar-refractivity contribution in [3.8, 4) is 11.3 Å². The molecule has 0 spiro atoms. The molecule has 6 heteroatoms. The Kier molecular flexibility index (Phi) is 6.02. The number of carboxylic acids is 1. The molecular weight excluding hydrogens is 381 g/mol. The Morgan fingerprint density at radius 1 is 0.933 bits per heavy atom. The fourth-order valence-corrected chi connectivity index (χ4v) is 4.11. The van der Waals surface area contributed by atoms with Gasteiger partial charge in [0.25, 0.3) is 0 Å². The minimum absolute atomic E-state index is 0.279. The molecule has 0 saturated heterocycles. The highest BCUT2D eigenvalue weighted by atomic mass is 19.1. The highest BCUT2D eigenvalue weighted by Crippen LogP contribution is 2.37. The maximum Gasteiger partial charge on any atom is 0.303 e. The van der Waals surface area contributed by atoms with Gasteiger partial charge in [-0.1, -0.05) is 24.3 Å². The number of halogens is 1. The number of carboxylic acid groups (broad SMARTS) is 1. The van der Waals surface area contributed by atoms with Crippen LogP contribution in [-0.4, -0.2) is 21.3 Å². The van der Waals surface area contributed by atoms with Crippen LogP contribution in [0.25, 0.3) is 11.3 Å². The third kappa shape index (κ3) is 5.00. The molecule has 0 atom stereocenters. The molecule has 0 amide bonds. The van der Waals surface area contributed by atoms with Crippen LogP contribution in [0.2, 0.25) is 0 Å². The van der Waals surface area contributed by atoms with Gasteiger partial charge in [-0.05, 0) is 79.5 Å². The van der Waals surface area contributed by atoms with Crippen molar-refractivity contribution in [2.45, 2.75) is 38.0 Å². The van der Waals surface area contributed by atoms with E-state index in [0.717, 1.165) is 42.6 Å². The summed E-state index contributed by atoms with van der Waals surface area (Å²) in [5.74, 6) is 0.439. The van der Waals surface area contributed by atoms with E-state index in [0.29, 0.717) is 17.7 Å². The number of anilines is 2. The number of benzene rings is 2. The molecular formula is C24H24FN3O2. The number of nitrogens with one attached hydrogen (secondary N) is 1. The molecule has 0 aliphatic heterocycles. The van der Waals surface area contributed by atoms with E-state index in [2.05, 4.69) is 39.8 Å². The van der Waals surface area contributed by atoms with Gasteiger partial charge in [0.05, 0.1) is 5.69 Å². The first-order valence-corrected chi connectivity index (χ1v) is 10.3. The lowest BCUT2D eigenvalue weighted by molar-refractivity contribution is -0.138. The fourth-order valence-electron chi connectivity index (χ4n) is 4.11. The second-order valence-electron chi connectivity index (χ2n) is 7.87. The summed E-state index contributed by atoms with van der Waals surface area (Å²) in [6.07, 6.45) is 4.33. The Bertz CT molecular complexity index is 980. The molecule has 2 aromatic carbocycles. The first-order valence-electron chi connectivity index (χ1n) is 10.3. The standard InChI is InChI=1S/C24H24FN3O2/c25-20-9-11-21(12-10-20)26-23-14-13-22(27-28-23)19-7-5-18(6-8-19)17-3-1-16(2-4-17)15-24(29)30/h5-14,16-17H,1-4,15H2,(H,26,28)(H,29,30). The summed E-state index contributed by atoms with van der Waals surface area (Å²) in [6.45, 7) is 0. The van der Waals surface area contributed by atoms with Crippen LogP contribution in [0, 0.1) is 11.7 Å². The Morgan fingerprint density at radius 3 is 2.23 bits per heavy atom. The first kappa shape index (κ1) is 20.0. The molecule has 1 fully saturated rings. The number of hydrogen-bond acceptors (Lipinski definition) is 4. The fraction of sp³-hybridized carbons (Fsp3) is 0.292. The van der Waals surface area contributed by atoms with Crippen LogP contribution in [0.1, 0.15) is 43.6 Å². The zero-order valence-electron chi connectivity index (χ0n) is 16.6. The van der Waals surface area contributed by atoms with E-state index in [4.69, 9.17) is 5.11 Å². The van der Waals surface area contributed by atoms with Gasteiger partial charge >= 0.3 is 5.97 Å². The number of rotatable bonds is 6. The number of hydrogen-bond donors (Lipinski definition) is 2. The van der Waals surface area contributed by atoms with Crippen molar-refractivity contribution in [2.75, 3.05) is 5.32 Å². The molecule has 4 rings (SSSR count). The summed E-state index contributed by atoms with van der Waals surface area (Å²) >= 11 is 0. The predicted octanol–water partition coefficient (Wildman–Crippen LogP) is 5.77. The molecule has 2 N–H and O–H groups in total. The summed E-state index contributed by atoms with van der Waals surface area (Å²) in [5.41, 5.74) is 3.84. The minimum Gasteiger partial charge on any atom is -0.481 e. The highest BCUT2D eigenvalue weighted by molar-refractivity contribution is 5.67. The van der Waals surface area contributed by atoms with Gasteiger partial charge in [0, 0.05) is 17.7 Å². The van der Waals surface area contributed by atoms with E-state index in [-0.39, 0.29) is 12.2 Å². The van der Waals surface area contributed by atoms with Gasteiger partial charge in [0.2, 0.25) is 0 Å². The predicted molar refractivity (Wildman–Crippen MR) is 114 cm³/mol. The topological polar surface area (TPSA) is 75.1 Å². The third-order valence-corrected chi connectivity index (χ3v) is 5.77. The third-order valence-electron chi connectivity index (χ3n) is 5.77. The van der Waals surface area contributed by atoms with Crippen LogP contribution in [0.3, 0.4) is 0 Å². The van der Waals surface area contributed by atoms with Crippen molar-refractivity contribution >= 4 is 17.5 Å². The molecule has 1 saturated carbocycles. The molecule has 30 heavy (non-hydrogen) atoms.